The van der Waals surface area contributed by atoms with Gasteiger partial charge >= 0.3 is 0 Å². The molecule has 1 saturated heterocycles. The number of fused-ring (bicyclic) bond motifs is 1. The van der Waals surface area contributed by atoms with Crippen LogP contribution in [0.1, 0.15) is 28.9 Å². The van der Waals surface area contributed by atoms with Crippen LogP contribution in [0.15, 0.2) is 36.4 Å². The summed E-state index contributed by atoms with van der Waals surface area (Å²) in [5.74, 6) is -1.88. The summed E-state index contributed by atoms with van der Waals surface area (Å²) in [6, 6.07) is 9.55. The Kier molecular flexibility index (Phi) is 4.51. The van der Waals surface area contributed by atoms with Gasteiger partial charge in [0, 0.05) is 36.3 Å². The Morgan fingerprint density at radius 2 is 2.07 bits per heavy atom. The second-order valence-corrected chi connectivity index (χ2v) is 6.98. The van der Waals surface area contributed by atoms with E-state index in [4.69, 9.17) is 0 Å². The number of hydrogen-bond acceptors (Lipinski definition) is 3. The molecule has 27 heavy (non-hydrogen) atoms. The number of likely N-dealkylation sites (tertiary alicyclic amines) is 1. The van der Waals surface area contributed by atoms with Crippen LogP contribution in [0.4, 0.5) is 14.5 Å². The maximum Gasteiger partial charge on any atom is 0.275 e. The lowest BCUT2D eigenvalue weighted by atomic mass is 10.0. The number of carbonyl (C=O) groups excluding carboxylic acids is 1. The smallest absolute Gasteiger partial charge is 0.275 e. The molecule has 0 radical (unpaired) electrons. The van der Waals surface area contributed by atoms with Crippen LogP contribution in [-0.2, 0) is 0 Å². The Labute approximate surface area is 155 Å². The number of amides is 1. The van der Waals surface area contributed by atoms with Gasteiger partial charge in [-0.3, -0.25) is 9.89 Å². The first kappa shape index (κ1) is 17.5. The Morgan fingerprint density at radius 3 is 2.89 bits per heavy atom. The largest absolute Gasteiger partial charge is 0.380 e. The summed E-state index contributed by atoms with van der Waals surface area (Å²) >= 11 is 0. The van der Waals surface area contributed by atoms with Gasteiger partial charge in [0.15, 0.2) is 17.3 Å². The summed E-state index contributed by atoms with van der Waals surface area (Å²) in [6.07, 6.45) is 1.68. The maximum absolute atomic E-state index is 13.4. The number of carbonyl (C=O) groups is 1. The summed E-state index contributed by atoms with van der Waals surface area (Å²) in [5.41, 5.74) is 2.82. The number of nitrogens with one attached hydrogen (secondary N) is 2. The fourth-order valence-electron chi connectivity index (χ4n) is 3.54. The Bertz CT molecular complexity index is 1000. The standard InChI is InChI=1S/C20H20F2N4O/c1-12-4-7-18-15(9-12)19(25-24-18)20(27)26-8-2-3-14(11-26)23-13-5-6-16(21)17(22)10-13/h4-7,9-10,14,23H,2-3,8,11H2,1H3,(H,24,25). The van der Waals surface area contributed by atoms with E-state index in [1.54, 1.807) is 4.90 Å². The number of halogens is 2. The highest BCUT2D eigenvalue weighted by atomic mass is 19.2. The molecule has 5 nitrogen and oxygen atoms in total. The average molecular weight is 370 g/mol. The lowest BCUT2D eigenvalue weighted by Crippen LogP contribution is -2.45. The quantitative estimate of drug-likeness (QED) is 0.736. The third kappa shape index (κ3) is 3.49. The van der Waals surface area contributed by atoms with Gasteiger partial charge in [0.05, 0.1) is 5.52 Å². The van der Waals surface area contributed by atoms with E-state index in [1.807, 2.05) is 25.1 Å². The molecule has 0 aliphatic carbocycles. The Hall–Kier alpha value is -2.96. The summed E-state index contributed by atoms with van der Waals surface area (Å²) in [5, 5.41) is 11.1. The van der Waals surface area contributed by atoms with Crippen LogP contribution in [0.3, 0.4) is 0 Å². The second-order valence-electron chi connectivity index (χ2n) is 6.98. The number of aryl methyl sites for hydroxylation is 1. The normalized spacial score (nSPS) is 17.3. The van der Waals surface area contributed by atoms with Crippen molar-refractivity contribution in [2.24, 2.45) is 0 Å². The predicted molar refractivity (Wildman–Crippen MR) is 99.7 cm³/mol. The van der Waals surface area contributed by atoms with Gasteiger partial charge in [-0.05, 0) is 44.0 Å². The fraction of sp³-hybridized carbons (Fsp3) is 0.300. The van der Waals surface area contributed by atoms with Gasteiger partial charge in [-0.15, -0.1) is 0 Å². The van der Waals surface area contributed by atoms with Crippen LogP contribution in [0.25, 0.3) is 10.9 Å². The highest BCUT2D eigenvalue weighted by Gasteiger charge is 2.27. The topological polar surface area (TPSA) is 61.0 Å². The number of piperidine rings is 1. The molecule has 2 N–H and O–H groups in total. The molecule has 1 aromatic heterocycles. The highest BCUT2D eigenvalue weighted by Crippen LogP contribution is 2.22. The van der Waals surface area contributed by atoms with Crippen molar-refractivity contribution in [2.45, 2.75) is 25.8 Å². The van der Waals surface area contributed by atoms with E-state index in [2.05, 4.69) is 15.5 Å². The number of benzene rings is 2. The highest BCUT2D eigenvalue weighted by molar-refractivity contribution is 6.04. The van der Waals surface area contributed by atoms with Gasteiger partial charge in [0.1, 0.15) is 0 Å². The number of rotatable bonds is 3. The molecule has 0 bridgehead atoms. The average Bonchev–Trinajstić information content (AvgIpc) is 3.07. The van der Waals surface area contributed by atoms with Crippen LogP contribution in [0.5, 0.6) is 0 Å². The van der Waals surface area contributed by atoms with Crippen molar-refractivity contribution in [3.63, 3.8) is 0 Å². The van der Waals surface area contributed by atoms with Crippen molar-refractivity contribution in [1.82, 2.24) is 15.1 Å². The summed E-state index contributed by atoms with van der Waals surface area (Å²) in [4.78, 5) is 14.8. The molecule has 0 saturated carbocycles. The van der Waals surface area contributed by atoms with Crippen molar-refractivity contribution in [2.75, 3.05) is 18.4 Å². The third-order valence-electron chi connectivity index (χ3n) is 4.92. The zero-order chi connectivity index (χ0) is 19.0. The SMILES string of the molecule is Cc1ccc2[nH]nc(C(=O)N3CCCC(Nc4ccc(F)c(F)c4)C3)c2c1. The molecule has 140 valence electrons. The maximum atomic E-state index is 13.4. The summed E-state index contributed by atoms with van der Waals surface area (Å²) < 4.78 is 26.5. The van der Waals surface area contributed by atoms with Gasteiger partial charge in [0.2, 0.25) is 0 Å². The molecular formula is C20H20F2N4O. The molecule has 2 aromatic carbocycles. The van der Waals surface area contributed by atoms with Crippen molar-refractivity contribution < 1.29 is 13.6 Å². The summed E-state index contributed by atoms with van der Waals surface area (Å²) in [6.45, 7) is 3.11. The number of aromatic nitrogens is 2. The van der Waals surface area contributed by atoms with E-state index < -0.39 is 11.6 Å². The first-order valence-electron chi connectivity index (χ1n) is 8.97. The van der Waals surface area contributed by atoms with Gasteiger partial charge in [-0.1, -0.05) is 11.6 Å². The minimum atomic E-state index is -0.887. The minimum absolute atomic E-state index is 0.0282. The predicted octanol–water partition coefficient (Wildman–Crippen LogP) is 3.87. The zero-order valence-electron chi connectivity index (χ0n) is 14.9. The number of nitrogens with zero attached hydrogens (tertiary/aromatic N) is 2. The van der Waals surface area contributed by atoms with Crippen molar-refractivity contribution in [1.29, 1.82) is 0 Å². The molecule has 2 heterocycles. The molecule has 0 spiro atoms. The van der Waals surface area contributed by atoms with Crippen LogP contribution in [0, 0.1) is 18.6 Å². The van der Waals surface area contributed by atoms with Crippen molar-refractivity contribution in [3.8, 4) is 0 Å². The second kappa shape index (κ2) is 6.98. The van der Waals surface area contributed by atoms with Gasteiger partial charge in [-0.2, -0.15) is 5.10 Å². The third-order valence-corrected chi connectivity index (χ3v) is 4.92. The van der Waals surface area contributed by atoms with Crippen LogP contribution in [0.2, 0.25) is 0 Å². The van der Waals surface area contributed by atoms with Crippen LogP contribution < -0.4 is 5.32 Å². The van der Waals surface area contributed by atoms with E-state index >= 15 is 0 Å². The van der Waals surface area contributed by atoms with Crippen molar-refractivity contribution >= 4 is 22.5 Å². The molecule has 1 unspecified atom stereocenters. The molecule has 1 aliphatic rings. The molecule has 1 fully saturated rings. The Morgan fingerprint density at radius 1 is 1.22 bits per heavy atom. The van der Waals surface area contributed by atoms with Gasteiger partial charge in [-0.25, -0.2) is 8.78 Å². The van der Waals surface area contributed by atoms with E-state index in [0.29, 0.717) is 24.5 Å². The molecule has 7 heteroatoms. The summed E-state index contributed by atoms with van der Waals surface area (Å²) in [7, 11) is 0. The van der Waals surface area contributed by atoms with E-state index in [-0.39, 0.29) is 11.9 Å². The van der Waals surface area contributed by atoms with Crippen molar-refractivity contribution in [3.05, 3.63) is 59.3 Å². The molecule has 3 aromatic rings. The molecular weight excluding hydrogens is 350 g/mol. The molecule has 4 rings (SSSR count). The van der Waals surface area contributed by atoms with E-state index in [1.165, 1.54) is 6.07 Å². The monoisotopic (exact) mass is 370 g/mol. The van der Waals surface area contributed by atoms with Crippen LogP contribution in [-0.4, -0.2) is 40.1 Å². The zero-order valence-corrected chi connectivity index (χ0v) is 14.9. The number of aromatic amines is 1. The first-order valence-corrected chi connectivity index (χ1v) is 8.97. The van der Waals surface area contributed by atoms with Gasteiger partial charge < -0.3 is 10.2 Å². The molecule has 1 aliphatic heterocycles. The van der Waals surface area contributed by atoms with Gasteiger partial charge in [0.25, 0.3) is 5.91 Å². The lowest BCUT2D eigenvalue weighted by molar-refractivity contribution is 0.0710. The van der Waals surface area contributed by atoms with E-state index in [0.717, 1.165) is 41.4 Å². The lowest BCUT2D eigenvalue weighted by Gasteiger charge is -2.33. The van der Waals surface area contributed by atoms with Crippen LogP contribution >= 0.6 is 0 Å². The fourth-order valence-corrected chi connectivity index (χ4v) is 3.54. The Balaban J connectivity index is 1.51. The number of hydrogen-bond donors (Lipinski definition) is 2. The molecule has 1 amide bonds. The minimum Gasteiger partial charge on any atom is -0.380 e. The number of anilines is 1. The number of H-pyrrole nitrogens is 1. The van der Waals surface area contributed by atoms with E-state index in [9.17, 15) is 13.6 Å². The first-order chi connectivity index (χ1) is 13.0. The molecule has 1 atom stereocenters.